The highest BCUT2D eigenvalue weighted by Crippen LogP contribution is 2.31. The number of hydrogen-bond donors (Lipinski definition) is 1. The van der Waals surface area contributed by atoms with Gasteiger partial charge in [-0.3, -0.25) is 4.68 Å². The summed E-state index contributed by atoms with van der Waals surface area (Å²) >= 11 is 3.45. The molecule has 0 spiro atoms. The van der Waals surface area contributed by atoms with Crippen molar-refractivity contribution in [3.8, 4) is 0 Å². The van der Waals surface area contributed by atoms with Crippen molar-refractivity contribution >= 4 is 15.9 Å². The quantitative estimate of drug-likeness (QED) is 0.912. The van der Waals surface area contributed by atoms with Crippen molar-refractivity contribution in [1.29, 1.82) is 0 Å². The van der Waals surface area contributed by atoms with E-state index in [2.05, 4.69) is 52.3 Å². The minimum Gasteiger partial charge on any atom is -0.317 e. The summed E-state index contributed by atoms with van der Waals surface area (Å²) in [6, 6.07) is 0.474. The summed E-state index contributed by atoms with van der Waals surface area (Å²) in [7, 11) is 3.91. The van der Waals surface area contributed by atoms with E-state index in [1.807, 2.05) is 18.8 Å². The average Bonchev–Trinajstić information content (AvgIpc) is 2.45. The second-order valence-electron chi connectivity index (χ2n) is 4.63. The normalized spacial score (nSPS) is 14.3. The molecule has 0 fully saturated rings. The Labute approximate surface area is 99.6 Å². The summed E-state index contributed by atoms with van der Waals surface area (Å²) in [4.78, 5) is 0. The Bertz CT molecular complexity index is 313. The summed E-state index contributed by atoms with van der Waals surface area (Å²) in [5.41, 5.74) is 1.20. The minimum atomic E-state index is 0.0551. The molecule has 5 heteroatoms. The lowest BCUT2D eigenvalue weighted by molar-refractivity contribution is 0.381. The van der Waals surface area contributed by atoms with Crippen LogP contribution < -0.4 is 5.32 Å². The summed E-state index contributed by atoms with van der Waals surface area (Å²) in [5.74, 6) is 0. The van der Waals surface area contributed by atoms with Gasteiger partial charge in [-0.05, 0) is 36.3 Å². The average molecular weight is 275 g/mol. The zero-order valence-corrected chi connectivity index (χ0v) is 11.6. The fourth-order valence-electron chi connectivity index (χ4n) is 2.01. The maximum Gasteiger partial charge on any atom is 0.152 e. The summed E-state index contributed by atoms with van der Waals surface area (Å²) in [5, 5.41) is 11.3. The van der Waals surface area contributed by atoms with Gasteiger partial charge in [0.2, 0.25) is 0 Å². The largest absolute Gasteiger partial charge is 0.317 e. The Morgan fingerprint density at radius 3 is 2.53 bits per heavy atom. The summed E-state index contributed by atoms with van der Waals surface area (Å²) in [6.45, 7) is 6.61. The third-order valence-corrected chi connectivity index (χ3v) is 3.27. The smallest absolute Gasteiger partial charge is 0.152 e. The lowest BCUT2D eigenvalue weighted by atomic mass is 9.83. The van der Waals surface area contributed by atoms with E-state index >= 15 is 0 Å². The predicted molar refractivity (Wildman–Crippen MR) is 64.9 cm³/mol. The molecule has 1 N–H and O–H groups in total. The lowest BCUT2D eigenvalue weighted by Gasteiger charge is -2.28. The molecule has 0 radical (unpaired) electrons. The van der Waals surface area contributed by atoms with Gasteiger partial charge in [0.25, 0.3) is 0 Å². The van der Waals surface area contributed by atoms with Gasteiger partial charge < -0.3 is 5.32 Å². The highest BCUT2D eigenvalue weighted by Gasteiger charge is 2.29. The van der Waals surface area contributed by atoms with Crippen LogP contribution in [-0.4, -0.2) is 28.1 Å². The fourth-order valence-corrected chi connectivity index (χ4v) is 2.88. The van der Waals surface area contributed by atoms with Gasteiger partial charge in [-0.15, -0.1) is 5.10 Å². The minimum absolute atomic E-state index is 0.0551. The van der Waals surface area contributed by atoms with Crippen molar-refractivity contribution in [2.75, 3.05) is 7.05 Å². The van der Waals surface area contributed by atoms with Crippen LogP contribution in [-0.2, 0) is 12.5 Å². The van der Waals surface area contributed by atoms with Gasteiger partial charge in [-0.2, -0.15) is 0 Å². The molecule has 0 saturated heterocycles. The maximum atomic E-state index is 4.02. The lowest BCUT2D eigenvalue weighted by Crippen LogP contribution is -2.32. The van der Waals surface area contributed by atoms with Gasteiger partial charge in [0.05, 0.1) is 5.69 Å². The number of nitrogens with zero attached hydrogens (tertiary/aromatic N) is 3. The molecule has 4 nitrogen and oxygen atoms in total. The zero-order valence-electron chi connectivity index (χ0n) is 10.0. The van der Waals surface area contributed by atoms with Crippen LogP contribution in [0.4, 0.5) is 0 Å². The first kappa shape index (κ1) is 12.6. The monoisotopic (exact) mass is 274 g/mol. The number of aryl methyl sites for hydroxylation is 1. The molecule has 0 bridgehead atoms. The van der Waals surface area contributed by atoms with Crippen LogP contribution >= 0.6 is 15.9 Å². The van der Waals surface area contributed by atoms with E-state index in [0.717, 1.165) is 16.7 Å². The van der Waals surface area contributed by atoms with Crippen molar-refractivity contribution in [3.63, 3.8) is 0 Å². The molecular formula is C10H19BrN4. The maximum absolute atomic E-state index is 4.02. The predicted octanol–water partition coefficient (Wildman–Crippen LogP) is 1.85. The van der Waals surface area contributed by atoms with Gasteiger partial charge in [-0.1, -0.05) is 19.1 Å². The summed E-state index contributed by atoms with van der Waals surface area (Å²) < 4.78 is 2.69. The van der Waals surface area contributed by atoms with Crippen molar-refractivity contribution < 1.29 is 0 Å². The van der Waals surface area contributed by atoms with Crippen LogP contribution in [0.1, 0.15) is 32.9 Å². The van der Waals surface area contributed by atoms with Gasteiger partial charge in [0, 0.05) is 18.5 Å². The number of hydrogen-bond acceptors (Lipinski definition) is 3. The van der Waals surface area contributed by atoms with Gasteiger partial charge in [0.1, 0.15) is 0 Å². The van der Waals surface area contributed by atoms with Crippen molar-refractivity contribution in [2.24, 2.45) is 7.05 Å². The van der Waals surface area contributed by atoms with E-state index in [1.165, 1.54) is 0 Å². The second-order valence-corrected chi connectivity index (χ2v) is 5.38. The van der Waals surface area contributed by atoms with E-state index in [9.17, 15) is 0 Å². The molecule has 15 heavy (non-hydrogen) atoms. The van der Waals surface area contributed by atoms with E-state index in [1.54, 1.807) is 0 Å². The van der Waals surface area contributed by atoms with Crippen LogP contribution in [0, 0.1) is 0 Å². The van der Waals surface area contributed by atoms with Crippen molar-refractivity contribution in [3.05, 3.63) is 10.3 Å². The summed E-state index contributed by atoms with van der Waals surface area (Å²) in [6.07, 6.45) is 1.04. The first-order valence-corrected chi connectivity index (χ1v) is 5.90. The van der Waals surface area contributed by atoms with Crippen LogP contribution in [0.25, 0.3) is 0 Å². The SMILES string of the molecule is CNC(C)CC(C)(C)c1c(Br)nnn1C. The Balaban J connectivity index is 2.95. The first-order valence-electron chi connectivity index (χ1n) is 5.11. The fraction of sp³-hybridized carbons (Fsp3) is 0.800. The van der Waals surface area contributed by atoms with Gasteiger partial charge >= 0.3 is 0 Å². The molecule has 0 saturated carbocycles. The number of halogens is 1. The van der Waals surface area contributed by atoms with Crippen LogP contribution in [0.5, 0.6) is 0 Å². The highest BCUT2D eigenvalue weighted by molar-refractivity contribution is 9.10. The Morgan fingerprint density at radius 1 is 1.53 bits per heavy atom. The molecular weight excluding hydrogens is 256 g/mol. The molecule has 0 aliphatic carbocycles. The highest BCUT2D eigenvalue weighted by atomic mass is 79.9. The number of aromatic nitrogens is 3. The Morgan fingerprint density at radius 2 is 2.13 bits per heavy atom. The van der Waals surface area contributed by atoms with Crippen molar-refractivity contribution in [2.45, 2.75) is 38.6 Å². The molecule has 1 rings (SSSR count). The molecule has 0 amide bonds. The molecule has 1 aromatic heterocycles. The van der Waals surface area contributed by atoms with Crippen LogP contribution in [0.15, 0.2) is 4.60 Å². The molecule has 1 aromatic rings. The third-order valence-electron chi connectivity index (χ3n) is 2.74. The standard InChI is InChI=1S/C10H19BrN4/c1-7(12-4)6-10(2,3)8-9(11)13-14-15(8)5/h7,12H,6H2,1-5H3. The first-order chi connectivity index (χ1) is 6.88. The second kappa shape index (κ2) is 4.61. The van der Waals surface area contributed by atoms with Crippen LogP contribution in [0.3, 0.4) is 0 Å². The third kappa shape index (κ3) is 2.78. The van der Waals surface area contributed by atoms with Crippen molar-refractivity contribution in [1.82, 2.24) is 20.3 Å². The van der Waals surface area contributed by atoms with E-state index in [-0.39, 0.29) is 5.41 Å². The van der Waals surface area contributed by atoms with E-state index in [0.29, 0.717) is 6.04 Å². The van der Waals surface area contributed by atoms with Crippen LogP contribution in [0.2, 0.25) is 0 Å². The Hall–Kier alpha value is -0.420. The molecule has 0 aromatic carbocycles. The van der Waals surface area contributed by atoms with Gasteiger partial charge in [0.15, 0.2) is 4.60 Å². The number of rotatable bonds is 4. The Kier molecular flexibility index (Phi) is 3.89. The molecule has 86 valence electrons. The molecule has 0 aliphatic rings. The molecule has 1 heterocycles. The number of nitrogens with one attached hydrogen (secondary N) is 1. The molecule has 1 atom stereocenters. The topological polar surface area (TPSA) is 42.7 Å². The van der Waals surface area contributed by atoms with Gasteiger partial charge in [-0.25, -0.2) is 0 Å². The van der Waals surface area contributed by atoms with E-state index < -0.39 is 0 Å². The molecule has 1 unspecified atom stereocenters. The molecule has 0 aliphatic heterocycles. The van der Waals surface area contributed by atoms with E-state index in [4.69, 9.17) is 0 Å². The zero-order chi connectivity index (χ0) is 11.6.